The molecule has 0 unspecified atom stereocenters. The lowest BCUT2D eigenvalue weighted by molar-refractivity contribution is 0.668. The fraction of sp³-hybridized carbons (Fsp3) is 0.340. The summed E-state index contributed by atoms with van der Waals surface area (Å²) in [5, 5.41) is 43.9. The van der Waals surface area contributed by atoms with Crippen LogP contribution in [-0.4, -0.2) is 70.9 Å². The Labute approximate surface area is 379 Å². The lowest BCUT2D eigenvalue weighted by Gasteiger charge is -2.12. The summed E-state index contributed by atoms with van der Waals surface area (Å²) in [5.74, 6) is 2.81. The minimum atomic E-state index is 0.431. The molecule has 336 valence electrons. The standard InChI is InChI=1S/C14H13N3.C10H16N2.2C9H11N3.C8H10N4/c1-10-5-4-6-11(9-10)15-14-12-7-2-3-8-13(12)16-17-14;1-7(2)10-8-5-3-4-6-9(8)11-12-10;1-6(2)9-7-5-10-4-3-8(7)11-12-9;1-6(2)8-7-4-3-5-10-9(7)12-11-8;1-5(2)7-6-3-9-4-10-8(6)12-11-7/h2-9H,1H3,(H2,15,16,17);7H,3-6H2,1-2H3,(H,11,12);3-6H,1-2H3,(H,11,12);3-6H,1-2H3,(H,10,11,12);3-5H,1-2H3,(H,9,10,11,12). The fourth-order valence-electron chi connectivity index (χ4n) is 7.74. The van der Waals surface area contributed by atoms with E-state index in [1.54, 1.807) is 18.6 Å². The first-order valence-electron chi connectivity index (χ1n) is 22.5. The number of benzene rings is 2. The molecule has 0 atom stereocenters. The predicted octanol–water partition coefficient (Wildman–Crippen LogP) is 11.7. The zero-order valence-corrected chi connectivity index (χ0v) is 38.9. The number of aromatic amines is 5. The zero-order chi connectivity index (χ0) is 45.9. The molecule has 1 aliphatic rings. The Kier molecular flexibility index (Phi) is 15.0. The Hall–Kier alpha value is -7.29. The first kappa shape index (κ1) is 45.7. The lowest BCUT2D eigenvalue weighted by atomic mass is 9.93. The largest absolute Gasteiger partial charge is 0.338 e. The molecule has 15 heteroatoms. The number of hydrogen-bond acceptors (Lipinski definition) is 10. The number of para-hydroxylation sites is 1. The molecule has 0 aliphatic heterocycles. The van der Waals surface area contributed by atoms with Crippen molar-refractivity contribution in [3.05, 3.63) is 137 Å². The van der Waals surface area contributed by atoms with E-state index in [-0.39, 0.29) is 0 Å². The van der Waals surface area contributed by atoms with Crippen LogP contribution in [0.2, 0.25) is 0 Å². The second kappa shape index (κ2) is 21.4. The highest BCUT2D eigenvalue weighted by Crippen LogP contribution is 2.27. The van der Waals surface area contributed by atoms with Crippen LogP contribution in [0, 0.1) is 6.92 Å². The summed E-state index contributed by atoms with van der Waals surface area (Å²) in [4.78, 5) is 16.2. The molecule has 1 aliphatic carbocycles. The number of anilines is 2. The molecule has 0 bridgehead atoms. The van der Waals surface area contributed by atoms with Crippen molar-refractivity contribution in [3.63, 3.8) is 0 Å². The number of nitrogens with zero attached hydrogens (tertiary/aromatic N) is 9. The summed E-state index contributed by atoms with van der Waals surface area (Å²) >= 11 is 0. The van der Waals surface area contributed by atoms with Gasteiger partial charge < -0.3 is 5.32 Å². The Morgan fingerprint density at radius 2 is 1.22 bits per heavy atom. The van der Waals surface area contributed by atoms with Gasteiger partial charge in [-0.15, -0.1) is 0 Å². The van der Waals surface area contributed by atoms with Crippen LogP contribution in [0.25, 0.3) is 43.9 Å². The van der Waals surface area contributed by atoms with Gasteiger partial charge in [-0.2, -0.15) is 25.5 Å². The number of aromatic nitrogens is 14. The quantitative estimate of drug-likeness (QED) is 0.0931. The molecular weight excluding hydrogens is 811 g/mol. The molecule has 15 nitrogen and oxygen atoms in total. The summed E-state index contributed by atoms with van der Waals surface area (Å²) < 4.78 is 0. The van der Waals surface area contributed by atoms with Gasteiger partial charge in [-0.1, -0.05) is 79.7 Å². The van der Waals surface area contributed by atoms with Crippen LogP contribution in [0.3, 0.4) is 0 Å². The van der Waals surface area contributed by atoms with Crippen molar-refractivity contribution in [1.29, 1.82) is 0 Å². The third-order valence-electron chi connectivity index (χ3n) is 11.1. The Bertz CT molecular complexity index is 2850. The lowest BCUT2D eigenvalue weighted by Crippen LogP contribution is -2.03. The zero-order valence-electron chi connectivity index (χ0n) is 38.9. The van der Waals surface area contributed by atoms with E-state index in [9.17, 15) is 0 Å². The third kappa shape index (κ3) is 11.3. The summed E-state index contributed by atoms with van der Waals surface area (Å²) in [6.45, 7) is 19.3. The van der Waals surface area contributed by atoms with E-state index in [1.165, 1.54) is 54.5 Å². The van der Waals surface area contributed by atoms with Crippen LogP contribution in [0.5, 0.6) is 0 Å². The maximum absolute atomic E-state index is 4.37. The number of hydrogen-bond donors (Lipinski definition) is 6. The van der Waals surface area contributed by atoms with Gasteiger partial charge >= 0.3 is 0 Å². The third-order valence-corrected chi connectivity index (χ3v) is 11.1. The van der Waals surface area contributed by atoms with Crippen molar-refractivity contribution >= 4 is 55.4 Å². The minimum absolute atomic E-state index is 0.431. The van der Waals surface area contributed by atoms with Crippen LogP contribution < -0.4 is 5.32 Å². The van der Waals surface area contributed by atoms with Gasteiger partial charge in [0, 0.05) is 69.4 Å². The van der Waals surface area contributed by atoms with E-state index < -0.39 is 0 Å². The fourth-order valence-corrected chi connectivity index (χ4v) is 7.74. The van der Waals surface area contributed by atoms with Gasteiger partial charge in [0.2, 0.25) is 0 Å². The molecule has 0 amide bonds. The van der Waals surface area contributed by atoms with Crippen molar-refractivity contribution in [3.8, 4) is 0 Å². The van der Waals surface area contributed by atoms with E-state index in [4.69, 9.17) is 0 Å². The molecule has 0 saturated heterocycles. The Morgan fingerprint density at radius 3 is 1.97 bits per heavy atom. The number of aryl methyl sites for hydroxylation is 2. The van der Waals surface area contributed by atoms with E-state index in [1.807, 2.05) is 54.7 Å². The van der Waals surface area contributed by atoms with Crippen molar-refractivity contribution < 1.29 is 0 Å². The average molecular weight is 872 g/mol. The number of nitrogens with one attached hydrogen (secondary N) is 6. The molecule has 10 aromatic rings. The summed E-state index contributed by atoms with van der Waals surface area (Å²) in [5.41, 5.74) is 13.5. The van der Waals surface area contributed by atoms with Crippen molar-refractivity contribution in [2.75, 3.05) is 5.32 Å². The monoisotopic (exact) mass is 872 g/mol. The molecule has 0 spiro atoms. The summed E-state index contributed by atoms with van der Waals surface area (Å²) in [6, 6.07) is 22.2. The molecule has 6 N–H and O–H groups in total. The van der Waals surface area contributed by atoms with Gasteiger partial charge in [0.15, 0.2) is 17.1 Å². The molecule has 0 saturated carbocycles. The Balaban J connectivity index is 0.000000122. The van der Waals surface area contributed by atoms with Crippen LogP contribution in [0.1, 0.15) is 131 Å². The second-order valence-corrected chi connectivity index (χ2v) is 17.4. The van der Waals surface area contributed by atoms with Crippen molar-refractivity contribution in [1.82, 2.24) is 70.9 Å². The summed E-state index contributed by atoms with van der Waals surface area (Å²) in [6.07, 6.45) is 13.8. The van der Waals surface area contributed by atoms with Gasteiger partial charge in [0.25, 0.3) is 0 Å². The maximum Gasteiger partial charge on any atom is 0.184 e. The molecule has 65 heavy (non-hydrogen) atoms. The van der Waals surface area contributed by atoms with Crippen molar-refractivity contribution in [2.24, 2.45) is 0 Å². The highest BCUT2D eigenvalue weighted by molar-refractivity contribution is 5.91. The van der Waals surface area contributed by atoms with E-state index in [2.05, 4.69) is 157 Å². The maximum atomic E-state index is 4.37. The van der Waals surface area contributed by atoms with Crippen LogP contribution in [0.15, 0.2) is 97.8 Å². The van der Waals surface area contributed by atoms with Crippen LogP contribution in [0.4, 0.5) is 11.5 Å². The molecule has 0 radical (unpaired) electrons. The van der Waals surface area contributed by atoms with Gasteiger partial charge in [-0.3, -0.25) is 30.5 Å². The van der Waals surface area contributed by atoms with E-state index in [0.29, 0.717) is 23.7 Å². The number of rotatable bonds is 6. The predicted molar refractivity (Wildman–Crippen MR) is 262 cm³/mol. The molecule has 11 rings (SSSR count). The topological polar surface area (TPSA) is 207 Å². The van der Waals surface area contributed by atoms with Crippen LogP contribution in [-0.2, 0) is 12.8 Å². The minimum Gasteiger partial charge on any atom is -0.338 e. The van der Waals surface area contributed by atoms with Gasteiger partial charge in [0.1, 0.15) is 6.33 Å². The molecule has 2 aromatic carbocycles. The number of H-pyrrole nitrogens is 5. The number of pyridine rings is 2. The Morgan fingerprint density at radius 1 is 0.538 bits per heavy atom. The summed E-state index contributed by atoms with van der Waals surface area (Å²) in [7, 11) is 0. The molecule has 8 aromatic heterocycles. The highest BCUT2D eigenvalue weighted by atomic mass is 15.2. The van der Waals surface area contributed by atoms with E-state index in [0.717, 1.165) is 72.5 Å². The highest BCUT2D eigenvalue weighted by Gasteiger charge is 2.18. The normalized spacial score (nSPS) is 12.1. The van der Waals surface area contributed by atoms with E-state index >= 15 is 0 Å². The van der Waals surface area contributed by atoms with Gasteiger partial charge in [-0.05, 0) is 110 Å². The molecular formula is C50H61N15. The number of fused-ring (bicyclic) bond motifs is 5. The second-order valence-electron chi connectivity index (χ2n) is 17.4. The first-order chi connectivity index (χ1) is 31.5. The average Bonchev–Trinajstić information content (AvgIpc) is 4.17. The smallest absolute Gasteiger partial charge is 0.184 e. The molecule has 8 heterocycles. The first-order valence-corrected chi connectivity index (χ1v) is 22.5. The molecule has 0 fully saturated rings. The van der Waals surface area contributed by atoms with Gasteiger partial charge in [0.05, 0.1) is 22.1 Å². The van der Waals surface area contributed by atoms with Crippen molar-refractivity contribution in [2.45, 2.75) is 112 Å². The van der Waals surface area contributed by atoms with Crippen LogP contribution >= 0.6 is 0 Å². The SMILES string of the molecule is CC(C)c1[nH]nc2ccncc12.CC(C)c1[nH]nc2ncccc12.CC(C)c1[nH]nc2ncncc12.CC(C)c1n[nH]c2c1CCCC2.Cc1cccc(Nc2n[nH]c3ccccc23)c1. The van der Waals surface area contributed by atoms with Gasteiger partial charge in [-0.25, -0.2) is 15.0 Å².